The third-order valence-corrected chi connectivity index (χ3v) is 1.52. The van der Waals surface area contributed by atoms with E-state index in [1.165, 1.54) is 25.7 Å². The molecular weight excluding hydrogens is 187 g/mol. The Balaban J connectivity index is 2.62. The van der Waals surface area contributed by atoms with Gasteiger partial charge in [-0.15, -0.1) is 0 Å². The van der Waals surface area contributed by atoms with Crippen LogP contribution in [-0.2, 0) is 17.9 Å². The van der Waals surface area contributed by atoms with Crippen LogP contribution in [0.15, 0.2) is 0 Å². The van der Waals surface area contributed by atoms with Crippen LogP contribution in [0.1, 0.15) is 32.1 Å². The van der Waals surface area contributed by atoms with E-state index in [0.717, 1.165) is 6.42 Å². The van der Waals surface area contributed by atoms with Crippen molar-refractivity contribution in [3.63, 3.8) is 0 Å². The van der Waals surface area contributed by atoms with Gasteiger partial charge in [-0.3, -0.25) is 0 Å². The van der Waals surface area contributed by atoms with E-state index in [1.54, 1.807) is 0 Å². The quantitative estimate of drug-likeness (QED) is 0.362. The Morgan fingerprint density at radius 3 is 2.50 bits per heavy atom. The molecule has 51 valence electrons. The van der Waals surface area contributed by atoms with Crippen LogP contribution in [0.25, 0.3) is 0 Å². The van der Waals surface area contributed by atoms with Crippen molar-refractivity contribution in [3.8, 4) is 0 Å². The summed E-state index contributed by atoms with van der Waals surface area (Å²) in [7, 11) is 0. The molecule has 0 rings (SSSR count). The van der Waals surface area contributed by atoms with Gasteiger partial charge >= 0.3 is 61.5 Å². The third kappa shape index (κ3) is 6.49. The first-order chi connectivity index (χ1) is 3.91. The summed E-state index contributed by atoms with van der Waals surface area (Å²) in [5.74, 6) is 0. The van der Waals surface area contributed by atoms with E-state index in [-0.39, 0.29) is 0 Å². The van der Waals surface area contributed by atoms with Gasteiger partial charge in [0.25, 0.3) is 0 Å². The van der Waals surface area contributed by atoms with Gasteiger partial charge in [0.15, 0.2) is 0 Å². The van der Waals surface area contributed by atoms with Crippen molar-refractivity contribution >= 4 is 4.61 Å². The molecule has 0 saturated heterocycles. The summed E-state index contributed by atoms with van der Waals surface area (Å²) in [6, 6.07) is 0. The average molecular weight is 200 g/mol. The summed E-state index contributed by atoms with van der Waals surface area (Å²) in [6.07, 6.45) is 6.27. The minimum absolute atomic E-state index is 1.09. The normalized spacial score (nSPS) is 9.25. The van der Waals surface area contributed by atoms with Gasteiger partial charge in [0.05, 0.1) is 0 Å². The van der Waals surface area contributed by atoms with E-state index in [0.29, 0.717) is 0 Å². The van der Waals surface area contributed by atoms with Crippen LogP contribution in [0, 0.1) is 6.92 Å². The Morgan fingerprint density at radius 2 is 2.00 bits per heavy atom. The second kappa shape index (κ2) is 7.49. The van der Waals surface area contributed by atoms with Crippen molar-refractivity contribution in [2.24, 2.45) is 0 Å². The molecule has 1 heteroatoms. The maximum absolute atomic E-state index is 3.77. The predicted octanol–water partition coefficient (Wildman–Crippen LogP) is 2.12. The summed E-state index contributed by atoms with van der Waals surface area (Å²) >= 11 is 2.79. The molecule has 0 aromatic rings. The zero-order valence-electron chi connectivity index (χ0n) is 5.15. The molecule has 0 aliphatic carbocycles. The molecule has 0 fully saturated rings. The molecular formula is C7H13Rh-. The average Bonchev–Trinajstić information content (AvgIpc) is 1.81. The van der Waals surface area contributed by atoms with Crippen LogP contribution in [0.2, 0.25) is 0 Å². The summed E-state index contributed by atoms with van der Waals surface area (Å²) < 4.78 is 2.12. The fourth-order valence-electron chi connectivity index (χ4n) is 0.566. The molecule has 0 unspecified atom stereocenters. The molecule has 0 radical (unpaired) electrons. The SMILES string of the molecule is [CH2-]CCCCC[CH]=[Rh]. The molecule has 0 aliphatic rings. The van der Waals surface area contributed by atoms with E-state index in [2.05, 4.69) is 29.4 Å². The van der Waals surface area contributed by atoms with E-state index >= 15 is 0 Å². The summed E-state index contributed by atoms with van der Waals surface area (Å²) in [4.78, 5) is 0. The number of unbranched alkanes of at least 4 members (excludes halogenated alkanes) is 4. The standard InChI is InChI=1S/C7H13.Rh/c1-3-5-7-6-4-2;/h1H,2-7H2;/q-1;. The van der Waals surface area contributed by atoms with E-state index < -0.39 is 0 Å². The molecule has 0 aliphatic heterocycles. The van der Waals surface area contributed by atoms with Crippen LogP contribution in [0.5, 0.6) is 0 Å². The number of hydrogen-bond acceptors (Lipinski definition) is 0. The molecule has 0 aromatic heterocycles. The van der Waals surface area contributed by atoms with Crippen LogP contribution in [-0.4, -0.2) is 4.61 Å². The Morgan fingerprint density at radius 1 is 1.25 bits per heavy atom. The Kier molecular flexibility index (Phi) is 7.96. The van der Waals surface area contributed by atoms with Crippen LogP contribution < -0.4 is 0 Å². The molecule has 0 atom stereocenters. The topological polar surface area (TPSA) is 0 Å². The van der Waals surface area contributed by atoms with E-state index in [4.69, 9.17) is 0 Å². The fourth-order valence-corrected chi connectivity index (χ4v) is 0.900. The van der Waals surface area contributed by atoms with Gasteiger partial charge < -0.3 is 0 Å². The summed E-state index contributed by atoms with van der Waals surface area (Å²) in [5.41, 5.74) is 0. The monoisotopic (exact) mass is 200 g/mol. The molecule has 0 bridgehead atoms. The van der Waals surface area contributed by atoms with Gasteiger partial charge in [-0.25, -0.2) is 0 Å². The molecule has 0 amide bonds. The van der Waals surface area contributed by atoms with Crippen molar-refractivity contribution in [3.05, 3.63) is 6.92 Å². The number of rotatable bonds is 5. The molecule has 0 spiro atoms. The molecule has 0 heterocycles. The second-order valence-corrected chi connectivity index (χ2v) is 2.51. The first kappa shape index (κ1) is 8.49. The predicted molar refractivity (Wildman–Crippen MR) is 34.5 cm³/mol. The maximum atomic E-state index is 3.77. The second-order valence-electron chi connectivity index (χ2n) is 1.84. The molecule has 0 aromatic carbocycles. The Hall–Kier alpha value is 0.493. The molecule has 0 saturated carbocycles. The zero-order valence-corrected chi connectivity index (χ0v) is 6.79. The van der Waals surface area contributed by atoms with Crippen molar-refractivity contribution < 1.29 is 17.9 Å². The minimum atomic E-state index is 1.09. The van der Waals surface area contributed by atoms with Gasteiger partial charge in [-0.2, -0.15) is 0 Å². The molecule has 0 N–H and O–H groups in total. The first-order valence-corrected chi connectivity index (χ1v) is 4.05. The van der Waals surface area contributed by atoms with Crippen molar-refractivity contribution in [1.82, 2.24) is 0 Å². The third-order valence-electron chi connectivity index (χ3n) is 1.05. The van der Waals surface area contributed by atoms with Crippen LogP contribution >= 0.6 is 0 Å². The summed E-state index contributed by atoms with van der Waals surface area (Å²) in [5, 5.41) is 0. The fraction of sp³-hybridized carbons (Fsp3) is 0.714. The molecule has 0 nitrogen and oxygen atoms in total. The van der Waals surface area contributed by atoms with E-state index in [1.807, 2.05) is 0 Å². The van der Waals surface area contributed by atoms with Gasteiger partial charge in [-0.05, 0) is 0 Å². The van der Waals surface area contributed by atoms with Crippen molar-refractivity contribution in [2.45, 2.75) is 32.1 Å². The van der Waals surface area contributed by atoms with Crippen molar-refractivity contribution in [2.75, 3.05) is 0 Å². The summed E-state index contributed by atoms with van der Waals surface area (Å²) in [6.45, 7) is 3.77. The van der Waals surface area contributed by atoms with Crippen LogP contribution in [0.3, 0.4) is 0 Å². The Labute approximate surface area is 61.9 Å². The molecule has 8 heavy (non-hydrogen) atoms. The zero-order chi connectivity index (χ0) is 6.24. The Bertz CT molecular complexity index is 50.3. The van der Waals surface area contributed by atoms with Crippen molar-refractivity contribution in [1.29, 1.82) is 0 Å². The first-order valence-electron chi connectivity index (χ1n) is 3.10. The van der Waals surface area contributed by atoms with Gasteiger partial charge in [0.1, 0.15) is 0 Å². The van der Waals surface area contributed by atoms with Gasteiger partial charge in [0.2, 0.25) is 0 Å². The van der Waals surface area contributed by atoms with Gasteiger partial charge in [-0.1, -0.05) is 0 Å². The van der Waals surface area contributed by atoms with Gasteiger partial charge in [0, 0.05) is 0 Å². The number of hydrogen-bond donors (Lipinski definition) is 0. The van der Waals surface area contributed by atoms with Crippen LogP contribution in [0.4, 0.5) is 0 Å². The van der Waals surface area contributed by atoms with E-state index in [9.17, 15) is 0 Å².